The van der Waals surface area contributed by atoms with Crippen LogP contribution in [-0.4, -0.2) is 31.4 Å². The molecule has 0 fully saturated rings. The van der Waals surface area contributed by atoms with Crippen LogP contribution in [0.2, 0.25) is 0 Å². The Morgan fingerprint density at radius 3 is 2.67 bits per heavy atom. The monoisotopic (exact) mass is 267 g/mol. The maximum atomic E-state index is 11.7. The number of benzene rings is 1. The summed E-state index contributed by atoms with van der Waals surface area (Å²) in [7, 11) is 3.20. The Labute approximate surface area is 113 Å². The van der Waals surface area contributed by atoms with Crippen LogP contribution in [0, 0.1) is 13.8 Å². The number of ether oxygens (including phenoxy) is 1. The Kier molecular flexibility index (Phi) is 5.23. The van der Waals surface area contributed by atoms with Crippen molar-refractivity contribution in [1.29, 1.82) is 0 Å². The standard InChI is InChI=1S/C14H21NO2S/c1-10-6-7-11(2)12(8-10)18-9-14(3,15-4)13(16)17-5/h6-8,15H,9H2,1-5H3. The number of likely N-dealkylation sites (N-methyl/N-ethyl adjacent to an activating group) is 1. The molecular formula is C14H21NO2S. The third kappa shape index (κ3) is 3.50. The van der Waals surface area contributed by atoms with E-state index in [4.69, 9.17) is 4.74 Å². The molecule has 1 unspecified atom stereocenters. The lowest BCUT2D eigenvalue weighted by molar-refractivity contribution is -0.146. The van der Waals surface area contributed by atoms with Crippen LogP contribution < -0.4 is 5.32 Å². The van der Waals surface area contributed by atoms with Gasteiger partial charge in [-0.1, -0.05) is 17.7 Å². The molecule has 0 aliphatic rings. The summed E-state index contributed by atoms with van der Waals surface area (Å²) in [4.78, 5) is 12.9. The molecule has 1 aromatic rings. The Hall–Kier alpha value is -1.00. The van der Waals surface area contributed by atoms with Crippen LogP contribution in [0.25, 0.3) is 0 Å². The van der Waals surface area contributed by atoms with E-state index in [1.54, 1.807) is 18.8 Å². The predicted octanol–water partition coefficient (Wildman–Crippen LogP) is 2.55. The molecule has 1 atom stereocenters. The van der Waals surface area contributed by atoms with Gasteiger partial charge in [-0.3, -0.25) is 4.79 Å². The lowest BCUT2D eigenvalue weighted by Crippen LogP contribution is -2.50. The summed E-state index contributed by atoms with van der Waals surface area (Å²) in [5.74, 6) is 0.406. The molecule has 100 valence electrons. The summed E-state index contributed by atoms with van der Waals surface area (Å²) in [5, 5.41) is 3.04. The number of carbonyl (C=O) groups excluding carboxylic acids is 1. The zero-order chi connectivity index (χ0) is 13.8. The molecule has 0 spiro atoms. The Balaban J connectivity index is 2.80. The number of carbonyl (C=O) groups is 1. The molecule has 1 N–H and O–H groups in total. The summed E-state index contributed by atoms with van der Waals surface area (Å²) in [6.07, 6.45) is 0. The van der Waals surface area contributed by atoms with Crippen LogP contribution in [0.5, 0.6) is 0 Å². The van der Waals surface area contributed by atoms with Gasteiger partial charge in [-0.05, 0) is 39.4 Å². The lowest BCUT2D eigenvalue weighted by atomic mass is 10.1. The number of esters is 1. The first kappa shape index (κ1) is 15.1. The van der Waals surface area contributed by atoms with E-state index in [2.05, 4.69) is 37.4 Å². The van der Waals surface area contributed by atoms with Gasteiger partial charge < -0.3 is 10.1 Å². The molecule has 0 heterocycles. The molecule has 0 bridgehead atoms. The molecule has 1 rings (SSSR count). The highest BCUT2D eigenvalue weighted by atomic mass is 32.2. The van der Waals surface area contributed by atoms with Gasteiger partial charge in [0.2, 0.25) is 0 Å². The SMILES string of the molecule is CNC(C)(CSc1cc(C)ccc1C)C(=O)OC. The van der Waals surface area contributed by atoms with Gasteiger partial charge >= 0.3 is 5.97 Å². The summed E-state index contributed by atoms with van der Waals surface area (Å²) < 4.78 is 4.83. The van der Waals surface area contributed by atoms with Gasteiger partial charge in [0.25, 0.3) is 0 Å². The molecule has 3 nitrogen and oxygen atoms in total. The summed E-state index contributed by atoms with van der Waals surface area (Å²) >= 11 is 1.67. The van der Waals surface area contributed by atoms with Crippen molar-refractivity contribution >= 4 is 17.7 Å². The highest BCUT2D eigenvalue weighted by molar-refractivity contribution is 7.99. The largest absolute Gasteiger partial charge is 0.468 e. The van der Waals surface area contributed by atoms with Crippen LogP contribution in [0.4, 0.5) is 0 Å². The summed E-state index contributed by atoms with van der Waals surface area (Å²) in [5.41, 5.74) is 1.80. The van der Waals surface area contributed by atoms with Gasteiger partial charge in [-0.25, -0.2) is 0 Å². The van der Waals surface area contributed by atoms with E-state index in [-0.39, 0.29) is 5.97 Å². The molecule has 18 heavy (non-hydrogen) atoms. The minimum atomic E-state index is -0.657. The van der Waals surface area contributed by atoms with Crippen LogP contribution in [0.3, 0.4) is 0 Å². The van der Waals surface area contributed by atoms with Gasteiger partial charge in [0.05, 0.1) is 7.11 Å². The van der Waals surface area contributed by atoms with Crippen LogP contribution in [0.1, 0.15) is 18.1 Å². The fraction of sp³-hybridized carbons (Fsp3) is 0.500. The van der Waals surface area contributed by atoms with Crippen molar-refractivity contribution in [1.82, 2.24) is 5.32 Å². The van der Waals surface area contributed by atoms with Crippen molar-refractivity contribution in [3.05, 3.63) is 29.3 Å². The number of rotatable bonds is 5. The molecule has 0 saturated carbocycles. The van der Waals surface area contributed by atoms with E-state index >= 15 is 0 Å². The van der Waals surface area contributed by atoms with E-state index in [1.165, 1.54) is 23.1 Å². The van der Waals surface area contributed by atoms with Crippen molar-refractivity contribution in [2.24, 2.45) is 0 Å². The number of aryl methyl sites for hydroxylation is 2. The number of hydrogen-bond acceptors (Lipinski definition) is 4. The van der Waals surface area contributed by atoms with Crippen LogP contribution in [-0.2, 0) is 9.53 Å². The van der Waals surface area contributed by atoms with Gasteiger partial charge in [-0.2, -0.15) is 0 Å². The van der Waals surface area contributed by atoms with Crippen molar-refractivity contribution in [3.8, 4) is 0 Å². The van der Waals surface area contributed by atoms with Gasteiger partial charge in [0.15, 0.2) is 0 Å². The third-order valence-electron chi connectivity index (χ3n) is 3.05. The molecule has 1 aromatic carbocycles. The molecule has 4 heteroatoms. The number of thioether (sulfide) groups is 1. The average Bonchev–Trinajstić information content (AvgIpc) is 2.38. The second kappa shape index (κ2) is 6.25. The fourth-order valence-electron chi connectivity index (χ4n) is 1.54. The highest BCUT2D eigenvalue weighted by Crippen LogP contribution is 2.27. The van der Waals surface area contributed by atoms with Gasteiger partial charge in [0, 0.05) is 10.6 Å². The first-order valence-corrected chi connectivity index (χ1v) is 6.89. The topological polar surface area (TPSA) is 38.3 Å². The maximum absolute atomic E-state index is 11.7. The molecule has 0 aliphatic heterocycles. The van der Waals surface area contributed by atoms with E-state index in [9.17, 15) is 4.79 Å². The number of methoxy groups -OCH3 is 1. The van der Waals surface area contributed by atoms with Gasteiger partial charge in [-0.15, -0.1) is 11.8 Å². The number of nitrogens with one attached hydrogen (secondary N) is 1. The van der Waals surface area contributed by atoms with E-state index in [1.807, 2.05) is 6.92 Å². The molecule has 0 aromatic heterocycles. The molecule has 0 radical (unpaired) electrons. The van der Waals surface area contributed by atoms with Crippen molar-refractivity contribution in [2.75, 3.05) is 19.9 Å². The quantitative estimate of drug-likeness (QED) is 0.657. The number of hydrogen-bond donors (Lipinski definition) is 1. The van der Waals surface area contributed by atoms with E-state index in [0.29, 0.717) is 5.75 Å². The molecule has 0 amide bonds. The predicted molar refractivity (Wildman–Crippen MR) is 76.1 cm³/mol. The minimum absolute atomic E-state index is 0.234. The molecule has 0 aliphatic carbocycles. The van der Waals surface area contributed by atoms with Crippen LogP contribution >= 0.6 is 11.8 Å². The van der Waals surface area contributed by atoms with E-state index < -0.39 is 5.54 Å². The second-order valence-electron chi connectivity index (χ2n) is 4.63. The Morgan fingerprint density at radius 1 is 1.44 bits per heavy atom. The summed E-state index contributed by atoms with van der Waals surface area (Å²) in [6, 6.07) is 6.34. The highest BCUT2D eigenvalue weighted by Gasteiger charge is 2.32. The zero-order valence-electron chi connectivity index (χ0n) is 11.7. The van der Waals surface area contributed by atoms with Gasteiger partial charge in [0.1, 0.15) is 5.54 Å². The lowest BCUT2D eigenvalue weighted by Gasteiger charge is -2.25. The summed E-state index contributed by atoms with van der Waals surface area (Å²) in [6.45, 7) is 6.01. The first-order chi connectivity index (χ1) is 8.42. The van der Waals surface area contributed by atoms with Crippen molar-refractivity contribution in [2.45, 2.75) is 31.2 Å². The van der Waals surface area contributed by atoms with Crippen LogP contribution in [0.15, 0.2) is 23.1 Å². The normalized spacial score (nSPS) is 14.1. The van der Waals surface area contributed by atoms with Crippen molar-refractivity contribution < 1.29 is 9.53 Å². The zero-order valence-corrected chi connectivity index (χ0v) is 12.5. The average molecular weight is 267 g/mol. The smallest absolute Gasteiger partial charge is 0.326 e. The Bertz CT molecular complexity index is 434. The minimum Gasteiger partial charge on any atom is -0.468 e. The Morgan fingerprint density at radius 2 is 2.11 bits per heavy atom. The molecular weight excluding hydrogens is 246 g/mol. The third-order valence-corrected chi connectivity index (χ3v) is 4.52. The van der Waals surface area contributed by atoms with Crippen molar-refractivity contribution in [3.63, 3.8) is 0 Å². The molecule has 0 saturated heterocycles. The second-order valence-corrected chi connectivity index (χ2v) is 5.65. The maximum Gasteiger partial charge on any atom is 0.326 e. The first-order valence-electron chi connectivity index (χ1n) is 5.90. The fourth-order valence-corrected chi connectivity index (χ4v) is 2.81. The van der Waals surface area contributed by atoms with E-state index in [0.717, 1.165) is 0 Å².